The Hall–Kier alpha value is -1.22. The summed E-state index contributed by atoms with van der Waals surface area (Å²) in [5, 5.41) is 16.6. The highest BCUT2D eigenvalue weighted by molar-refractivity contribution is 5.39. The monoisotopic (exact) mass is 248 g/mol. The number of aliphatic hydroxyl groups is 1. The van der Waals surface area contributed by atoms with Crippen LogP contribution < -0.4 is 10.6 Å². The molecule has 3 N–H and O–H groups in total. The molecule has 1 heterocycles. The second kappa shape index (κ2) is 6.64. The molecule has 2 rings (SSSR count). The lowest BCUT2D eigenvalue weighted by Crippen LogP contribution is -2.25. The molecule has 1 fully saturated rings. The molecular formula is C15H24N2O. The van der Waals surface area contributed by atoms with Crippen LogP contribution in [0.15, 0.2) is 35.8 Å². The Morgan fingerprint density at radius 3 is 2.94 bits per heavy atom. The molecule has 3 nitrogen and oxygen atoms in total. The van der Waals surface area contributed by atoms with Gasteiger partial charge in [-0.15, -0.1) is 0 Å². The summed E-state index contributed by atoms with van der Waals surface area (Å²) in [5.41, 5.74) is 1.97. The van der Waals surface area contributed by atoms with Crippen molar-refractivity contribution in [3.8, 4) is 0 Å². The van der Waals surface area contributed by atoms with E-state index < -0.39 is 0 Å². The van der Waals surface area contributed by atoms with Crippen molar-refractivity contribution in [2.24, 2.45) is 5.92 Å². The summed E-state index contributed by atoms with van der Waals surface area (Å²) in [6.07, 6.45) is 14.9. The largest absolute Gasteiger partial charge is 0.392 e. The van der Waals surface area contributed by atoms with Crippen LogP contribution in [0.1, 0.15) is 38.5 Å². The first-order valence-electron chi connectivity index (χ1n) is 7.00. The van der Waals surface area contributed by atoms with Gasteiger partial charge in [0.25, 0.3) is 0 Å². The molecule has 1 unspecified atom stereocenters. The van der Waals surface area contributed by atoms with E-state index in [4.69, 9.17) is 0 Å². The molecule has 1 atom stereocenters. The Morgan fingerprint density at radius 1 is 1.44 bits per heavy atom. The summed E-state index contributed by atoms with van der Waals surface area (Å²) < 4.78 is 0. The molecule has 100 valence electrons. The van der Waals surface area contributed by atoms with Crippen LogP contribution in [0, 0.1) is 5.92 Å². The molecule has 18 heavy (non-hydrogen) atoms. The zero-order valence-corrected chi connectivity index (χ0v) is 11.2. The maximum absolute atomic E-state index is 10.4. The van der Waals surface area contributed by atoms with Gasteiger partial charge < -0.3 is 15.7 Å². The van der Waals surface area contributed by atoms with E-state index in [0.717, 1.165) is 17.7 Å². The van der Waals surface area contributed by atoms with Crippen molar-refractivity contribution in [3.05, 3.63) is 35.8 Å². The van der Waals surface area contributed by atoms with Crippen LogP contribution in [0.4, 0.5) is 0 Å². The summed E-state index contributed by atoms with van der Waals surface area (Å²) in [4.78, 5) is 0. The summed E-state index contributed by atoms with van der Waals surface area (Å²) in [6, 6.07) is 0. The third kappa shape index (κ3) is 3.39. The van der Waals surface area contributed by atoms with Gasteiger partial charge in [0.15, 0.2) is 0 Å². The average molecular weight is 248 g/mol. The molecule has 0 bridgehead atoms. The number of dihydropyridines is 1. The predicted octanol–water partition coefficient (Wildman–Crippen LogP) is 2.42. The summed E-state index contributed by atoms with van der Waals surface area (Å²) >= 11 is 0. The highest BCUT2D eigenvalue weighted by Crippen LogP contribution is 2.30. The Kier molecular flexibility index (Phi) is 4.88. The van der Waals surface area contributed by atoms with Gasteiger partial charge in [0.05, 0.1) is 11.8 Å². The Bertz CT molecular complexity index is 352. The van der Waals surface area contributed by atoms with Crippen molar-refractivity contribution < 1.29 is 5.11 Å². The van der Waals surface area contributed by atoms with Crippen LogP contribution in [0.3, 0.4) is 0 Å². The molecule has 3 heteroatoms. The highest BCUT2D eigenvalue weighted by atomic mass is 16.3. The number of aliphatic hydroxyl groups excluding tert-OH is 1. The lowest BCUT2D eigenvalue weighted by Gasteiger charge is -2.26. The first kappa shape index (κ1) is 13.2. The van der Waals surface area contributed by atoms with Gasteiger partial charge in [0.1, 0.15) is 0 Å². The fraction of sp³-hybridized carbons (Fsp3) is 0.600. The van der Waals surface area contributed by atoms with Gasteiger partial charge in [-0.2, -0.15) is 0 Å². The standard InChI is InChI=1S/C15H24N2O/c1-16-11-14-13(8-5-9-17-14)15(18)10-12-6-3-2-4-7-12/h5,8-9,11-12,15-18H,2-4,6-7,10H2,1H3/b14-11-. The van der Waals surface area contributed by atoms with Crippen molar-refractivity contribution in [3.63, 3.8) is 0 Å². The van der Waals surface area contributed by atoms with Gasteiger partial charge in [0.2, 0.25) is 0 Å². The van der Waals surface area contributed by atoms with Crippen LogP contribution in [-0.2, 0) is 0 Å². The average Bonchev–Trinajstić information content (AvgIpc) is 2.41. The molecule has 1 aliphatic carbocycles. The third-order valence-corrected chi connectivity index (χ3v) is 3.85. The van der Waals surface area contributed by atoms with Crippen LogP contribution in [0.25, 0.3) is 0 Å². The molecule has 0 saturated heterocycles. The molecule has 0 spiro atoms. The number of hydrogen-bond donors (Lipinski definition) is 3. The minimum absolute atomic E-state index is 0.356. The van der Waals surface area contributed by atoms with Gasteiger partial charge in [-0.3, -0.25) is 0 Å². The van der Waals surface area contributed by atoms with Gasteiger partial charge in [-0.05, 0) is 18.4 Å². The molecule has 0 aromatic heterocycles. The quantitative estimate of drug-likeness (QED) is 0.716. The minimum atomic E-state index is -0.356. The highest BCUT2D eigenvalue weighted by Gasteiger charge is 2.22. The van der Waals surface area contributed by atoms with E-state index in [-0.39, 0.29) is 6.10 Å². The van der Waals surface area contributed by atoms with Crippen molar-refractivity contribution >= 4 is 0 Å². The molecule has 0 aromatic carbocycles. The number of nitrogens with one attached hydrogen (secondary N) is 2. The summed E-state index contributed by atoms with van der Waals surface area (Å²) in [7, 11) is 1.87. The predicted molar refractivity (Wildman–Crippen MR) is 74.7 cm³/mol. The molecule has 0 aromatic rings. The van der Waals surface area contributed by atoms with Crippen LogP contribution in [0.5, 0.6) is 0 Å². The van der Waals surface area contributed by atoms with Crippen molar-refractivity contribution in [2.75, 3.05) is 7.05 Å². The number of allylic oxidation sites excluding steroid dienone is 2. The summed E-state index contributed by atoms with van der Waals surface area (Å²) in [6.45, 7) is 0. The first-order chi connectivity index (χ1) is 8.81. The fourth-order valence-electron chi connectivity index (χ4n) is 2.89. The number of hydrogen-bond acceptors (Lipinski definition) is 3. The van der Waals surface area contributed by atoms with Crippen molar-refractivity contribution in [1.82, 2.24) is 10.6 Å². The Labute approximate surface area is 110 Å². The molecule has 0 amide bonds. The van der Waals surface area contributed by atoms with E-state index >= 15 is 0 Å². The van der Waals surface area contributed by atoms with E-state index in [0.29, 0.717) is 5.92 Å². The number of rotatable bonds is 4. The van der Waals surface area contributed by atoms with Crippen LogP contribution >= 0.6 is 0 Å². The van der Waals surface area contributed by atoms with Crippen LogP contribution in [0.2, 0.25) is 0 Å². The van der Waals surface area contributed by atoms with Gasteiger partial charge in [-0.25, -0.2) is 0 Å². The van der Waals surface area contributed by atoms with Gasteiger partial charge >= 0.3 is 0 Å². The second-order valence-electron chi connectivity index (χ2n) is 5.23. The van der Waals surface area contributed by atoms with Crippen molar-refractivity contribution in [2.45, 2.75) is 44.6 Å². The molecule has 2 aliphatic rings. The first-order valence-corrected chi connectivity index (χ1v) is 7.00. The van der Waals surface area contributed by atoms with E-state index in [1.54, 1.807) is 0 Å². The fourth-order valence-corrected chi connectivity index (χ4v) is 2.89. The maximum atomic E-state index is 10.4. The molecule has 0 radical (unpaired) electrons. The zero-order chi connectivity index (χ0) is 12.8. The van der Waals surface area contributed by atoms with E-state index in [1.807, 2.05) is 31.6 Å². The normalized spacial score (nSPS) is 24.6. The smallest absolute Gasteiger partial charge is 0.0813 e. The molecule has 1 aliphatic heterocycles. The van der Waals surface area contributed by atoms with E-state index in [2.05, 4.69) is 10.6 Å². The topological polar surface area (TPSA) is 44.3 Å². The lowest BCUT2D eigenvalue weighted by molar-refractivity contribution is 0.161. The van der Waals surface area contributed by atoms with E-state index in [1.165, 1.54) is 32.1 Å². The molecular weight excluding hydrogens is 224 g/mol. The van der Waals surface area contributed by atoms with Crippen LogP contribution in [-0.4, -0.2) is 18.3 Å². The lowest BCUT2D eigenvalue weighted by atomic mass is 9.83. The second-order valence-corrected chi connectivity index (χ2v) is 5.23. The molecule has 1 saturated carbocycles. The third-order valence-electron chi connectivity index (χ3n) is 3.85. The van der Waals surface area contributed by atoms with Crippen molar-refractivity contribution in [1.29, 1.82) is 0 Å². The zero-order valence-electron chi connectivity index (χ0n) is 11.2. The summed E-state index contributed by atoms with van der Waals surface area (Å²) in [5.74, 6) is 0.691. The maximum Gasteiger partial charge on any atom is 0.0813 e. The van der Waals surface area contributed by atoms with Gasteiger partial charge in [-0.1, -0.05) is 38.2 Å². The minimum Gasteiger partial charge on any atom is -0.392 e. The SMILES string of the molecule is CN/C=C1\NC=CC=C1C(O)CC1CCCCC1. The van der Waals surface area contributed by atoms with E-state index in [9.17, 15) is 5.11 Å². The Balaban J connectivity index is 1.97. The van der Waals surface area contributed by atoms with Gasteiger partial charge in [0, 0.05) is 25.0 Å². The Morgan fingerprint density at radius 2 is 2.22 bits per heavy atom.